The van der Waals surface area contributed by atoms with E-state index in [2.05, 4.69) is 0 Å². The summed E-state index contributed by atoms with van der Waals surface area (Å²) >= 11 is 0. The maximum atomic E-state index is 11.6. The average Bonchev–Trinajstić information content (AvgIpc) is 3.02. The Kier molecular flexibility index (Phi) is 4.26. The highest BCUT2D eigenvalue weighted by atomic mass is 16.5. The molecule has 1 aromatic rings. The number of benzene rings is 1. The van der Waals surface area contributed by atoms with Gasteiger partial charge in [-0.1, -0.05) is 12.1 Å². The van der Waals surface area contributed by atoms with Gasteiger partial charge in [0, 0.05) is 19.6 Å². The van der Waals surface area contributed by atoms with Crippen LogP contribution < -0.4 is 0 Å². The second kappa shape index (κ2) is 6.20. The van der Waals surface area contributed by atoms with Crippen LogP contribution in [0.5, 0.6) is 0 Å². The molecule has 2 aliphatic heterocycles. The topological polar surface area (TPSA) is 76.1 Å². The molecule has 2 fully saturated rings. The summed E-state index contributed by atoms with van der Waals surface area (Å²) in [5.74, 6) is -0.397. The zero-order valence-corrected chi connectivity index (χ0v) is 13.2. The fourth-order valence-corrected chi connectivity index (χ4v) is 3.64. The molecule has 1 unspecified atom stereocenters. The lowest BCUT2D eigenvalue weighted by Gasteiger charge is -2.43. The molecule has 1 amide bonds. The number of amides is 1. The van der Waals surface area contributed by atoms with Gasteiger partial charge in [-0.2, -0.15) is 0 Å². The molecule has 2 saturated heterocycles. The van der Waals surface area contributed by atoms with Crippen molar-refractivity contribution in [1.82, 2.24) is 4.90 Å². The molecule has 2 aliphatic rings. The fourth-order valence-electron chi connectivity index (χ4n) is 3.64. The van der Waals surface area contributed by atoms with Gasteiger partial charge in [0.2, 0.25) is 0 Å². The minimum atomic E-state index is -0.917. The third kappa shape index (κ3) is 3.03. The van der Waals surface area contributed by atoms with Gasteiger partial charge in [-0.15, -0.1) is 0 Å². The van der Waals surface area contributed by atoms with Crippen LogP contribution in [0.3, 0.4) is 0 Å². The van der Waals surface area contributed by atoms with E-state index >= 15 is 0 Å². The maximum absolute atomic E-state index is 11.6. The average molecular weight is 319 g/mol. The van der Waals surface area contributed by atoms with Crippen LogP contribution in [0.1, 0.15) is 47.6 Å². The predicted octanol–water partition coefficient (Wildman–Crippen LogP) is 2.84. The van der Waals surface area contributed by atoms with E-state index in [9.17, 15) is 14.7 Å². The van der Waals surface area contributed by atoms with Crippen LogP contribution in [0, 0.1) is 0 Å². The minimum absolute atomic E-state index is 0.197. The first-order valence-corrected chi connectivity index (χ1v) is 7.86. The van der Waals surface area contributed by atoms with Gasteiger partial charge in [-0.05, 0) is 37.0 Å². The van der Waals surface area contributed by atoms with Crippen LogP contribution in [-0.4, -0.2) is 47.9 Å². The molecule has 0 bridgehead atoms. The summed E-state index contributed by atoms with van der Waals surface area (Å²) in [4.78, 5) is 24.6. The summed E-state index contributed by atoms with van der Waals surface area (Å²) in [5, 5.41) is 9.49. The first-order valence-electron chi connectivity index (χ1n) is 7.86. The summed E-state index contributed by atoms with van der Waals surface area (Å²) in [6.07, 6.45) is 2.51. The number of esters is 1. The Bertz CT molecular complexity index is 592. The molecule has 124 valence electrons. The van der Waals surface area contributed by atoms with Gasteiger partial charge in [-0.25, -0.2) is 9.59 Å². The second-order valence-electron chi connectivity index (χ2n) is 6.19. The summed E-state index contributed by atoms with van der Waals surface area (Å²) in [6.45, 7) is 1.22. The van der Waals surface area contributed by atoms with Crippen molar-refractivity contribution in [1.29, 1.82) is 0 Å². The summed E-state index contributed by atoms with van der Waals surface area (Å²) in [6, 6.07) is 6.73. The van der Waals surface area contributed by atoms with Crippen molar-refractivity contribution in [3.8, 4) is 0 Å². The van der Waals surface area contributed by atoms with Gasteiger partial charge in [0.15, 0.2) is 0 Å². The Labute approximate surface area is 135 Å². The van der Waals surface area contributed by atoms with E-state index in [1.807, 2.05) is 0 Å². The Morgan fingerprint density at radius 3 is 2.61 bits per heavy atom. The highest BCUT2D eigenvalue weighted by Crippen LogP contribution is 2.43. The second-order valence-corrected chi connectivity index (χ2v) is 6.19. The molecule has 0 saturated carbocycles. The van der Waals surface area contributed by atoms with E-state index in [0.717, 1.165) is 31.4 Å². The predicted molar refractivity (Wildman–Crippen MR) is 82.4 cm³/mol. The standard InChI is InChI=1S/C17H21NO5/c1-22-15(19)13-5-3-12(4-6-13)14-11-17(7-2-10-23-17)8-9-18(14)16(20)21/h3-6,14H,2,7-11H2,1H3,(H,20,21)/t14-,17?/m0/s1. The minimum Gasteiger partial charge on any atom is -0.465 e. The number of hydrogen-bond acceptors (Lipinski definition) is 4. The first-order chi connectivity index (χ1) is 11.0. The Hall–Kier alpha value is -2.08. The monoisotopic (exact) mass is 319 g/mol. The van der Waals surface area contributed by atoms with Crippen molar-refractivity contribution in [3.05, 3.63) is 35.4 Å². The van der Waals surface area contributed by atoms with Crippen LogP contribution in [0.4, 0.5) is 4.79 Å². The number of carboxylic acid groups (broad SMARTS) is 1. The third-order valence-corrected chi connectivity index (χ3v) is 4.90. The van der Waals surface area contributed by atoms with Crippen LogP contribution in [-0.2, 0) is 9.47 Å². The Morgan fingerprint density at radius 1 is 1.30 bits per heavy atom. The lowest BCUT2D eigenvalue weighted by atomic mass is 9.81. The van der Waals surface area contributed by atoms with Crippen molar-refractivity contribution in [2.24, 2.45) is 0 Å². The highest BCUT2D eigenvalue weighted by molar-refractivity contribution is 5.89. The molecule has 6 nitrogen and oxygen atoms in total. The van der Waals surface area contributed by atoms with Gasteiger partial charge in [0.25, 0.3) is 0 Å². The number of rotatable bonds is 2. The van der Waals surface area contributed by atoms with E-state index in [1.54, 1.807) is 24.3 Å². The van der Waals surface area contributed by atoms with Crippen molar-refractivity contribution >= 4 is 12.1 Å². The summed E-state index contributed by atoms with van der Waals surface area (Å²) < 4.78 is 10.6. The lowest BCUT2D eigenvalue weighted by molar-refractivity contribution is -0.0593. The Balaban J connectivity index is 1.86. The number of carbonyl (C=O) groups excluding carboxylic acids is 1. The number of nitrogens with zero attached hydrogens (tertiary/aromatic N) is 1. The first kappa shape index (κ1) is 15.8. The fraction of sp³-hybridized carbons (Fsp3) is 0.529. The van der Waals surface area contributed by atoms with Gasteiger partial charge in [0.05, 0.1) is 24.3 Å². The van der Waals surface area contributed by atoms with Gasteiger partial charge in [-0.3, -0.25) is 0 Å². The van der Waals surface area contributed by atoms with Crippen LogP contribution in [0.25, 0.3) is 0 Å². The number of piperidine rings is 1. The molecule has 1 aromatic carbocycles. The smallest absolute Gasteiger partial charge is 0.407 e. The molecule has 1 N–H and O–H groups in total. The number of hydrogen-bond donors (Lipinski definition) is 1. The highest BCUT2D eigenvalue weighted by Gasteiger charge is 2.44. The van der Waals surface area contributed by atoms with Crippen LogP contribution in [0.15, 0.2) is 24.3 Å². The third-order valence-electron chi connectivity index (χ3n) is 4.90. The largest absolute Gasteiger partial charge is 0.465 e. The zero-order valence-electron chi connectivity index (χ0n) is 13.2. The zero-order chi connectivity index (χ0) is 16.4. The molecule has 0 aromatic heterocycles. The number of carbonyl (C=O) groups is 2. The van der Waals surface area contributed by atoms with Gasteiger partial charge in [0.1, 0.15) is 0 Å². The lowest BCUT2D eigenvalue weighted by Crippen LogP contribution is -2.47. The van der Waals surface area contributed by atoms with Crippen LogP contribution >= 0.6 is 0 Å². The van der Waals surface area contributed by atoms with E-state index in [0.29, 0.717) is 18.5 Å². The SMILES string of the molecule is COC(=O)c1ccc([C@@H]2CC3(CCCO3)CCN2C(=O)O)cc1. The molecule has 0 aliphatic carbocycles. The number of methoxy groups -OCH3 is 1. The van der Waals surface area contributed by atoms with E-state index in [1.165, 1.54) is 12.0 Å². The van der Waals surface area contributed by atoms with Crippen LogP contribution in [0.2, 0.25) is 0 Å². The van der Waals surface area contributed by atoms with E-state index < -0.39 is 12.1 Å². The van der Waals surface area contributed by atoms with E-state index in [-0.39, 0.29) is 11.6 Å². The van der Waals surface area contributed by atoms with E-state index in [4.69, 9.17) is 9.47 Å². The molecule has 0 radical (unpaired) electrons. The maximum Gasteiger partial charge on any atom is 0.407 e. The Morgan fingerprint density at radius 2 is 2.04 bits per heavy atom. The number of ether oxygens (including phenoxy) is 2. The molecule has 6 heteroatoms. The quantitative estimate of drug-likeness (QED) is 0.848. The molecular formula is C17H21NO5. The number of likely N-dealkylation sites (tertiary alicyclic amines) is 1. The normalized spacial score (nSPS) is 27.2. The molecule has 2 heterocycles. The molecular weight excluding hydrogens is 298 g/mol. The molecule has 1 spiro atoms. The van der Waals surface area contributed by atoms with Gasteiger partial charge < -0.3 is 19.5 Å². The van der Waals surface area contributed by atoms with Crippen molar-refractivity contribution < 1.29 is 24.2 Å². The van der Waals surface area contributed by atoms with Gasteiger partial charge >= 0.3 is 12.1 Å². The van der Waals surface area contributed by atoms with Crippen molar-refractivity contribution in [2.75, 3.05) is 20.3 Å². The molecule has 2 atom stereocenters. The van der Waals surface area contributed by atoms with Crippen molar-refractivity contribution in [2.45, 2.75) is 37.3 Å². The molecule has 3 rings (SSSR count). The molecule has 23 heavy (non-hydrogen) atoms. The van der Waals surface area contributed by atoms with Crippen molar-refractivity contribution in [3.63, 3.8) is 0 Å². The summed E-state index contributed by atoms with van der Waals surface area (Å²) in [5.41, 5.74) is 1.15. The summed E-state index contributed by atoms with van der Waals surface area (Å²) in [7, 11) is 1.34.